The molecule has 3 rings (SSSR count). The van der Waals surface area contributed by atoms with Crippen LogP contribution < -0.4 is 0 Å². The first-order valence-corrected chi connectivity index (χ1v) is 7.15. The van der Waals surface area contributed by atoms with Gasteiger partial charge in [0, 0.05) is 5.56 Å². The predicted octanol–water partition coefficient (Wildman–Crippen LogP) is 4.04. The lowest BCUT2D eigenvalue weighted by Crippen LogP contribution is -2.15. The highest BCUT2D eigenvalue weighted by Crippen LogP contribution is 2.37. The molecular formula is C18H15FN2O2. The van der Waals surface area contributed by atoms with Crippen LogP contribution in [0.3, 0.4) is 0 Å². The van der Waals surface area contributed by atoms with Crippen LogP contribution in [0.4, 0.5) is 4.39 Å². The molecule has 0 saturated carbocycles. The Bertz CT molecular complexity index is 932. The zero-order valence-corrected chi connectivity index (χ0v) is 13.0. The van der Waals surface area contributed by atoms with Crippen molar-refractivity contribution in [3.63, 3.8) is 0 Å². The SMILES string of the molecule is Cc1c(-c2ccccc2)c(F)c2oc(C(C)(C)O)nc2c1C#N. The molecule has 0 fully saturated rings. The molecule has 1 N–H and O–H groups in total. The van der Waals surface area contributed by atoms with Crippen molar-refractivity contribution in [3.8, 4) is 17.2 Å². The second kappa shape index (κ2) is 5.18. The summed E-state index contributed by atoms with van der Waals surface area (Å²) in [5.41, 5.74) is 0.385. The Hall–Kier alpha value is -2.71. The van der Waals surface area contributed by atoms with E-state index in [0.29, 0.717) is 16.7 Å². The number of oxazole rings is 1. The maximum Gasteiger partial charge on any atom is 0.227 e. The highest BCUT2D eigenvalue weighted by atomic mass is 19.1. The molecule has 0 aliphatic carbocycles. The molecule has 0 amide bonds. The van der Waals surface area contributed by atoms with Crippen LogP contribution in [0.25, 0.3) is 22.2 Å². The number of halogens is 1. The molecule has 4 nitrogen and oxygen atoms in total. The van der Waals surface area contributed by atoms with Crippen molar-refractivity contribution in [2.45, 2.75) is 26.4 Å². The summed E-state index contributed by atoms with van der Waals surface area (Å²) in [6.07, 6.45) is 0. The van der Waals surface area contributed by atoms with E-state index in [1.165, 1.54) is 13.8 Å². The molecule has 0 spiro atoms. The molecule has 5 heteroatoms. The fraction of sp³-hybridized carbons (Fsp3) is 0.222. The second-order valence-corrected chi connectivity index (χ2v) is 5.92. The average molecular weight is 310 g/mol. The van der Waals surface area contributed by atoms with Crippen molar-refractivity contribution >= 4 is 11.1 Å². The van der Waals surface area contributed by atoms with Crippen LogP contribution in [0.15, 0.2) is 34.7 Å². The van der Waals surface area contributed by atoms with E-state index in [1.807, 2.05) is 6.07 Å². The van der Waals surface area contributed by atoms with Gasteiger partial charge in [0.25, 0.3) is 0 Å². The van der Waals surface area contributed by atoms with Gasteiger partial charge in [-0.05, 0) is 31.9 Å². The molecule has 0 saturated heterocycles. The van der Waals surface area contributed by atoms with Crippen molar-refractivity contribution in [1.29, 1.82) is 5.26 Å². The van der Waals surface area contributed by atoms with Gasteiger partial charge in [0.1, 0.15) is 17.2 Å². The van der Waals surface area contributed by atoms with Crippen LogP contribution >= 0.6 is 0 Å². The number of nitrogens with zero attached hydrogens (tertiary/aromatic N) is 2. The first-order valence-electron chi connectivity index (χ1n) is 7.15. The first kappa shape index (κ1) is 15.2. The van der Waals surface area contributed by atoms with Gasteiger partial charge >= 0.3 is 0 Å². The summed E-state index contributed by atoms with van der Waals surface area (Å²) in [6, 6.07) is 11.0. The third kappa shape index (κ3) is 2.37. The molecule has 1 heterocycles. The lowest BCUT2D eigenvalue weighted by atomic mass is 9.95. The van der Waals surface area contributed by atoms with Crippen LogP contribution in [0.2, 0.25) is 0 Å². The lowest BCUT2D eigenvalue weighted by molar-refractivity contribution is 0.0499. The van der Waals surface area contributed by atoms with E-state index in [-0.39, 0.29) is 22.6 Å². The van der Waals surface area contributed by atoms with Crippen molar-refractivity contribution in [3.05, 3.63) is 53.2 Å². The number of rotatable bonds is 2. The Balaban J connectivity index is 2.43. The molecule has 0 atom stereocenters. The van der Waals surface area contributed by atoms with E-state index >= 15 is 4.39 Å². The van der Waals surface area contributed by atoms with Gasteiger partial charge in [0.05, 0.1) is 5.56 Å². The Morgan fingerprint density at radius 3 is 2.48 bits per heavy atom. The Morgan fingerprint density at radius 1 is 1.26 bits per heavy atom. The zero-order chi connectivity index (χ0) is 16.8. The maximum atomic E-state index is 15.0. The Kier molecular flexibility index (Phi) is 3.42. The van der Waals surface area contributed by atoms with E-state index in [0.717, 1.165) is 0 Å². The van der Waals surface area contributed by atoms with Gasteiger partial charge in [-0.1, -0.05) is 30.3 Å². The highest BCUT2D eigenvalue weighted by Gasteiger charge is 2.28. The summed E-state index contributed by atoms with van der Waals surface area (Å²) >= 11 is 0. The quantitative estimate of drug-likeness (QED) is 0.775. The van der Waals surface area contributed by atoms with Crippen LogP contribution in [-0.2, 0) is 5.60 Å². The largest absolute Gasteiger partial charge is 0.434 e. The molecule has 2 aromatic carbocycles. The van der Waals surface area contributed by atoms with Gasteiger partial charge in [-0.3, -0.25) is 0 Å². The number of aromatic nitrogens is 1. The normalized spacial score (nSPS) is 11.7. The molecule has 0 unspecified atom stereocenters. The van der Waals surface area contributed by atoms with Crippen LogP contribution in [0.5, 0.6) is 0 Å². The molecule has 0 aliphatic heterocycles. The summed E-state index contributed by atoms with van der Waals surface area (Å²) in [5.74, 6) is -0.599. The summed E-state index contributed by atoms with van der Waals surface area (Å²) < 4.78 is 20.4. The lowest BCUT2D eigenvalue weighted by Gasteiger charge is -2.10. The molecular weight excluding hydrogens is 295 g/mol. The van der Waals surface area contributed by atoms with E-state index in [1.54, 1.807) is 31.2 Å². The van der Waals surface area contributed by atoms with E-state index in [9.17, 15) is 10.4 Å². The van der Waals surface area contributed by atoms with Crippen molar-refractivity contribution < 1.29 is 13.9 Å². The first-order chi connectivity index (χ1) is 10.8. The van der Waals surface area contributed by atoms with Crippen LogP contribution in [0.1, 0.15) is 30.9 Å². The van der Waals surface area contributed by atoms with E-state index < -0.39 is 11.4 Å². The van der Waals surface area contributed by atoms with Gasteiger partial charge in [-0.25, -0.2) is 9.37 Å². The monoisotopic (exact) mass is 310 g/mol. The van der Waals surface area contributed by atoms with E-state index in [2.05, 4.69) is 11.1 Å². The van der Waals surface area contributed by atoms with Gasteiger partial charge in [0.15, 0.2) is 11.4 Å². The second-order valence-electron chi connectivity index (χ2n) is 5.92. The van der Waals surface area contributed by atoms with Gasteiger partial charge in [0.2, 0.25) is 5.89 Å². The zero-order valence-electron chi connectivity index (χ0n) is 13.0. The molecule has 3 aromatic rings. The third-order valence-corrected chi connectivity index (χ3v) is 3.73. The fourth-order valence-corrected chi connectivity index (χ4v) is 2.57. The topological polar surface area (TPSA) is 70.1 Å². The molecule has 23 heavy (non-hydrogen) atoms. The van der Waals surface area contributed by atoms with Crippen molar-refractivity contribution in [2.24, 2.45) is 0 Å². The summed E-state index contributed by atoms with van der Waals surface area (Å²) in [6.45, 7) is 4.67. The van der Waals surface area contributed by atoms with Gasteiger partial charge in [-0.15, -0.1) is 0 Å². The summed E-state index contributed by atoms with van der Waals surface area (Å²) in [7, 11) is 0. The number of hydrogen-bond acceptors (Lipinski definition) is 4. The Morgan fingerprint density at radius 2 is 1.91 bits per heavy atom. The maximum absolute atomic E-state index is 15.0. The Labute approximate surface area is 132 Å². The van der Waals surface area contributed by atoms with Crippen molar-refractivity contribution in [1.82, 2.24) is 4.98 Å². The molecule has 1 aromatic heterocycles. The number of nitriles is 1. The summed E-state index contributed by atoms with van der Waals surface area (Å²) in [4.78, 5) is 4.13. The van der Waals surface area contributed by atoms with Crippen molar-refractivity contribution in [2.75, 3.05) is 0 Å². The average Bonchev–Trinajstić information content (AvgIpc) is 2.94. The fourth-order valence-electron chi connectivity index (χ4n) is 2.57. The predicted molar refractivity (Wildman–Crippen MR) is 84.1 cm³/mol. The molecule has 0 radical (unpaired) electrons. The number of fused-ring (bicyclic) bond motifs is 1. The molecule has 0 bridgehead atoms. The number of aliphatic hydroxyl groups is 1. The third-order valence-electron chi connectivity index (χ3n) is 3.73. The standard InChI is InChI=1S/C18H15FN2O2/c1-10-12(9-20)15-16(23-17(21-15)18(2,3)22)14(19)13(10)11-7-5-4-6-8-11/h4-8,22H,1-3H3. The smallest absolute Gasteiger partial charge is 0.227 e. The van der Waals surface area contributed by atoms with Gasteiger partial charge < -0.3 is 9.52 Å². The minimum atomic E-state index is -1.36. The van der Waals surface area contributed by atoms with Gasteiger partial charge in [-0.2, -0.15) is 5.26 Å². The summed E-state index contributed by atoms with van der Waals surface area (Å²) in [5, 5.41) is 19.5. The van der Waals surface area contributed by atoms with Crippen LogP contribution in [0, 0.1) is 24.1 Å². The molecule has 116 valence electrons. The molecule has 0 aliphatic rings. The highest BCUT2D eigenvalue weighted by molar-refractivity contribution is 5.89. The minimum Gasteiger partial charge on any atom is -0.434 e. The number of benzene rings is 2. The number of hydrogen-bond donors (Lipinski definition) is 1. The van der Waals surface area contributed by atoms with Crippen LogP contribution in [-0.4, -0.2) is 10.1 Å². The van der Waals surface area contributed by atoms with E-state index in [4.69, 9.17) is 4.42 Å². The minimum absolute atomic E-state index is 0.0208.